The highest BCUT2D eigenvalue weighted by atomic mass is 15.5. The van der Waals surface area contributed by atoms with Crippen LogP contribution in [0.25, 0.3) is 22.5 Å². The Labute approximate surface area is 174 Å². The lowest BCUT2D eigenvalue weighted by Gasteiger charge is -2.33. The first kappa shape index (κ1) is 19.7. The van der Waals surface area contributed by atoms with Crippen LogP contribution < -0.4 is 4.90 Å². The average molecular weight is 389 g/mol. The maximum atomic E-state index is 4.67. The van der Waals surface area contributed by atoms with E-state index in [-0.39, 0.29) is 11.0 Å². The fourth-order valence-electron chi connectivity index (χ4n) is 3.97. The van der Waals surface area contributed by atoms with Crippen molar-refractivity contribution >= 4 is 5.69 Å². The SMILES string of the molecule is CC(C)(C)CCN1Cc2ccccc2-c2nnn(C(C)(C)C)c2-c2ccccc21. The minimum Gasteiger partial charge on any atom is -0.367 e. The van der Waals surface area contributed by atoms with E-state index in [1.807, 2.05) is 0 Å². The summed E-state index contributed by atoms with van der Waals surface area (Å²) < 4.78 is 2.09. The average Bonchev–Trinajstić information content (AvgIpc) is 3.08. The van der Waals surface area contributed by atoms with Gasteiger partial charge in [-0.05, 0) is 44.2 Å². The quantitative estimate of drug-likeness (QED) is 0.530. The summed E-state index contributed by atoms with van der Waals surface area (Å²) in [7, 11) is 0. The molecule has 0 N–H and O–H groups in total. The van der Waals surface area contributed by atoms with E-state index in [1.165, 1.54) is 22.4 Å². The van der Waals surface area contributed by atoms with E-state index in [9.17, 15) is 0 Å². The van der Waals surface area contributed by atoms with Gasteiger partial charge >= 0.3 is 0 Å². The van der Waals surface area contributed by atoms with Crippen LogP contribution in [0.1, 0.15) is 53.5 Å². The first-order chi connectivity index (χ1) is 13.6. The number of benzene rings is 2. The van der Waals surface area contributed by atoms with Gasteiger partial charge in [-0.25, -0.2) is 4.68 Å². The van der Waals surface area contributed by atoms with Crippen LogP contribution in [0, 0.1) is 5.41 Å². The molecule has 4 nitrogen and oxygen atoms in total. The predicted molar refractivity (Wildman–Crippen MR) is 121 cm³/mol. The maximum Gasteiger partial charge on any atom is 0.121 e. The molecule has 0 aliphatic carbocycles. The minimum absolute atomic E-state index is 0.155. The van der Waals surface area contributed by atoms with Crippen molar-refractivity contribution in [2.45, 2.75) is 60.0 Å². The van der Waals surface area contributed by atoms with Gasteiger partial charge in [0.05, 0.1) is 11.2 Å². The van der Waals surface area contributed by atoms with Gasteiger partial charge < -0.3 is 4.90 Å². The van der Waals surface area contributed by atoms with Crippen LogP contribution in [0.4, 0.5) is 5.69 Å². The van der Waals surface area contributed by atoms with Gasteiger partial charge in [-0.2, -0.15) is 0 Å². The Kier molecular flexibility index (Phi) is 4.76. The van der Waals surface area contributed by atoms with Crippen molar-refractivity contribution in [3.05, 3.63) is 54.1 Å². The summed E-state index contributed by atoms with van der Waals surface area (Å²) >= 11 is 0. The van der Waals surface area contributed by atoms with Crippen LogP contribution in [0.3, 0.4) is 0 Å². The monoisotopic (exact) mass is 388 g/mol. The molecule has 1 aliphatic heterocycles. The molecule has 3 aromatic rings. The Hall–Kier alpha value is -2.62. The smallest absolute Gasteiger partial charge is 0.121 e. The van der Waals surface area contributed by atoms with Crippen LogP contribution in [0.15, 0.2) is 48.5 Å². The zero-order chi connectivity index (χ0) is 20.8. The highest BCUT2D eigenvalue weighted by Gasteiger charge is 2.30. The topological polar surface area (TPSA) is 34.0 Å². The van der Waals surface area contributed by atoms with Crippen molar-refractivity contribution in [3.63, 3.8) is 0 Å². The first-order valence-electron chi connectivity index (χ1n) is 10.5. The van der Waals surface area contributed by atoms with Gasteiger partial charge in [0, 0.05) is 29.9 Å². The molecule has 4 heteroatoms. The molecule has 29 heavy (non-hydrogen) atoms. The van der Waals surface area contributed by atoms with Crippen molar-refractivity contribution in [2.75, 3.05) is 11.4 Å². The number of hydrogen-bond acceptors (Lipinski definition) is 3. The van der Waals surface area contributed by atoms with E-state index >= 15 is 0 Å². The molecule has 0 fully saturated rings. The summed E-state index contributed by atoms with van der Waals surface area (Å²) in [4.78, 5) is 2.53. The maximum absolute atomic E-state index is 4.67. The summed E-state index contributed by atoms with van der Waals surface area (Å²) in [6.07, 6.45) is 1.13. The van der Waals surface area contributed by atoms with Crippen LogP contribution in [-0.4, -0.2) is 21.5 Å². The number of anilines is 1. The fraction of sp³-hybridized carbons (Fsp3) is 0.440. The zero-order valence-electron chi connectivity index (χ0n) is 18.5. The Balaban J connectivity index is 1.97. The number of hydrogen-bond donors (Lipinski definition) is 0. The predicted octanol–water partition coefficient (Wildman–Crippen LogP) is 6.12. The third-order valence-corrected chi connectivity index (χ3v) is 5.57. The van der Waals surface area contributed by atoms with E-state index < -0.39 is 0 Å². The zero-order valence-corrected chi connectivity index (χ0v) is 18.5. The molecular weight excluding hydrogens is 356 g/mol. The van der Waals surface area contributed by atoms with E-state index in [2.05, 4.69) is 110 Å². The van der Waals surface area contributed by atoms with Gasteiger partial charge in [-0.1, -0.05) is 68.4 Å². The molecule has 0 saturated heterocycles. The third-order valence-electron chi connectivity index (χ3n) is 5.57. The largest absolute Gasteiger partial charge is 0.367 e. The Morgan fingerprint density at radius 1 is 0.862 bits per heavy atom. The molecule has 0 amide bonds. The Morgan fingerprint density at radius 3 is 2.21 bits per heavy atom. The molecular formula is C25H32N4. The van der Waals surface area contributed by atoms with Crippen LogP contribution >= 0.6 is 0 Å². The van der Waals surface area contributed by atoms with Gasteiger partial charge in [-0.15, -0.1) is 5.10 Å². The molecule has 0 saturated carbocycles. The van der Waals surface area contributed by atoms with Gasteiger partial charge in [0.15, 0.2) is 0 Å². The lowest BCUT2D eigenvalue weighted by Crippen LogP contribution is -2.29. The molecule has 2 heterocycles. The van der Waals surface area contributed by atoms with Crippen LogP contribution in [-0.2, 0) is 12.1 Å². The number of aromatic nitrogens is 3. The lowest BCUT2D eigenvalue weighted by atomic mass is 9.90. The van der Waals surface area contributed by atoms with Gasteiger partial charge in [0.25, 0.3) is 0 Å². The van der Waals surface area contributed by atoms with Crippen molar-refractivity contribution in [1.29, 1.82) is 0 Å². The van der Waals surface area contributed by atoms with Gasteiger partial charge in [0.2, 0.25) is 0 Å². The minimum atomic E-state index is -0.155. The van der Waals surface area contributed by atoms with Crippen LogP contribution in [0.5, 0.6) is 0 Å². The molecule has 152 valence electrons. The van der Waals surface area contributed by atoms with Gasteiger partial charge in [-0.3, -0.25) is 0 Å². The molecule has 0 radical (unpaired) electrons. The standard InChI is InChI=1S/C25H32N4/c1-24(2,3)15-16-28-17-18-11-7-8-12-19(18)22-23(20-13-9-10-14-21(20)28)29(27-26-22)25(4,5)6/h7-14H,15-17H2,1-6H3. The summed E-state index contributed by atoms with van der Waals surface area (Å²) in [5.74, 6) is 0. The Morgan fingerprint density at radius 2 is 1.52 bits per heavy atom. The van der Waals surface area contributed by atoms with Crippen molar-refractivity contribution in [1.82, 2.24) is 15.0 Å². The normalized spacial score (nSPS) is 13.9. The number of nitrogens with zero attached hydrogens (tertiary/aromatic N) is 4. The van der Waals surface area contributed by atoms with Crippen molar-refractivity contribution < 1.29 is 0 Å². The highest BCUT2D eigenvalue weighted by molar-refractivity contribution is 5.88. The van der Waals surface area contributed by atoms with E-state index in [0.29, 0.717) is 0 Å². The molecule has 4 rings (SSSR count). The molecule has 1 aromatic heterocycles. The van der Waals surface area contributed by atoms with E-state index in [1.54, 1.807) is 0 Å². The molecule has 0 spiro atoms. The summed E-state index contributed by atoms with van der Waals surface area (Å²) in [6.45, 7) is 15.4. The Bertz CT molecular complexity index is 1020. The fourth-order valence-corrected chi connectivity index (χ4v) is 3.97. The first-order valence-corrected chi connectivity index (χ1v) is 10.5. The second kappa shape index (κ2) is 7.01. The molecule has 2 aromatic carbocycles. The second-order valence-electron chi connectivity index (χ2n) is 10.3. The summed E-state index contributed by atoms with van der Waals surface area (Å²) in [5, 5.41) is 9.28. The number of rotatable bonds is 2. The molecule has 0 unspecified atom stereocenters. The molecule has 0 atom stereocenters. The molecule has 1 aliphatic rings. The lowest BCUT2D eigenvalue weighted by molar-refractivity contribution is 0.351. The van der Waals surface area contributed by atoms with Crippen LogP contribution in [0.2, 0.25) is 0 Å². The van der Waals surface area contributed by atoms with E-state index in [4.69, 9.17) is 0 Å². The highest BCUT2D eigenvalue weighted by Crippen LogP contribution is 2.42. The molecule has 0 bridgehead atoms. The summed E-state index contributed by atoms with van der Waals surface area (Å²) in [5.41, 5.74) is 7.20. The number of para-hydroxylation sites is 1. The van der Waals surface area contributed by atoms with Gasteiger partial charge in [0.1, 0.15) is 5.69 Å². The van der Waals surface area contributed by atoms with Crippen molar-refractivity contribution in [2.24, 2.45) is 5.41 Å². The van der Waals surface area contributed by atoms with Crippen molar-refractivity contribution in [3.8, 4) is 22.5 Å². The number of fused-ring (bicyclic) bond motifs is 5. The summed E-state index contributed by atoms with van der Waals surface area (Å²) in [6, 6.07) is 17.4. The third kappa shape index (κ3) is 3.81. The second-order valence-corrected chi connectivity index (χ2v) is 10.3. The van der Waals surface area contributed by atoms with E-state index in [0.717, 1.165) is 30.9 Å².